The summed E-state index contributed by atoms with van der Waals surface area (Å²) in [4.78, 5) is 40.9. The van der Waals surface area contributed by atoms with Crippen LogP contribution in [0.3, 0.4) is 0 Å². The minimum atomic E-state index is -0.241. The molecule has 148 valence electrons. The van der Waals surface area contributed by atoms with Crippen molar-refractivity contribution in [2.75, 3.05) is 26.2 Å². The molecule has 2 aliphatic heterocycles. The molecule has 2 rings (SSSR count). The summed E-state index contributed by atoms with van der Waals surface area (Å²) < 4.78 is 0. The fourth-order valence-electron chi connectivity index (χ4n) is 3.87. The number of hydrogen-bond donors (Lipinski definition) is 1. The molecule has 2 aliphatic rings. The third-order valence-electron chi connectivity index (χ3n) is 5.54. The van der Waals surface area contributed by atoms with Gasteiger partial charge >= 0.3 is 0 Å². The van der Waals surface area contributed by atoms with Crippen LogP contribution in [0.2, 0.25) is 0 Å². The van der Waals surface area contributed by atoms with Crippen molar-refractivity contribution >= 4 is 17.7 Å². The summed E-state index contributed by atoms with van der Waals surface area (Å²) in [6.07, 6.45) is 5.06. The lowest BCUT2D eigenvalue weighted by atomic mass is 9.94. The second-order valence-corrected chi connectivity index (χ2v) is 8.67. The molecule has 0 aromatic carbocycles. The van der Waals surface area contributed by atoms with Gasteiger partial charge in [-0.1, -0.05) is 19.8 Å². The molecule has 6 nitrogen and oxygen atoms in total. The Bertz CT molecular complexity index is 519. The van der Waals surface area contributed by atoms with Crippen molar-refractivity contribution in [3.63, 3.8) is 0 Å². The number of amides is 3. The highest BCUT2D eigenvalue weighted by Gasteiger charge is 2.41. The summed E-state index contributed by atoms with van der Waals surface area (Å²) in [6, 6.07) is 0. The Morgan fingerprint density at radius 2 is 1.77 bits per heavy atom. The van der Waals surface area contributed by atoms with Crippen LogP contribution in [0, 0.1) is 11.8 Å². The lowest BCUT2D eigenvalue weighted by Gasteiger charge is -2.34. The van der Waals surface area contributed by atoms with Crippen LogP contribution in [-0.4, -0.2) is 59.2 Å². The molecule has 2 saturated heterocycles. The van der Waals surface area contributed by atoms with E-state index < -0.39 is 0 Å². The van der Waals surface area contributed by atoms with Crippen LogP contribution in [0.4, 0.5) is 0 Å². The second kappa shape index (κ2) is 8.87. The third-order valence-corrected chi connectivity index (χ3v) is 5.54. The van der Waals surface area contributed by atoms with E-state index in [0.29, 0.717) is 26.1 Å². The molecule has 1 atom stereocenters. The van der Waals surface area contributed by atoms with Gasteiger partial charge in [0.15, 0.2) is 0 Å². The largest absolute Gasteiger partial charge is 0.356 e. The Kier molecular flexibility index (Phi) is 7.07. The van der Waals surface area contributed by atoms with Crippen LogP contribution in [-0.2, 0) is 14.4 Å². The van der Waals surface area contributed by atoms with Gasteiger partial charge in [0.05, 0.1) is 5.92 Å². The number of carbonyl (C=O) groups is 3. The molecular formula is C20H35N3O3. The van der Waals surface area contributed by atoms with E-state index in [0.717, 1.165) is 38.6 Å². The monoisotopic (exact) mass is 365 g/mol. The number of hydrogen-bond acceptors (Lipinski definition) is 3. The molecule has 0 spiro atoms. The van der Waals surface area contributed by atoms with E-state index in [9.17, 15) is 14.4 Å². The Morgan fingerprint density at radius 1 is 1.12 bits per heavy atom. The smallest absolute Gasteiger partial charge is 0.227 e. The lowest BCUT2D eigenvalue weighted by molar-refractivity contribution is -0.139. The number of rotatable bonds is 6. The summed E-state index contributed by atoms with van der Waals surface area (Å²) in [7, 11) is 0. The SMILES string of the molecule is CCCCCNC(=O)C1CCN(C(=O)C2CC(=O)N(C(C)(C)C)C2)CC1. The maximum atomic E-state index is 12.8. The van der Waals surface area contributed by atoms with E-state index in [1.807, 2.05) is 30.6 Å². The number of unbranched alkanes of at least 4 members (excludes halogenated alkanes) is 2. The van der Waals surface area contributed by atoms with Gasteiger partial charge in [-0.2, -0.15) is 0 Å². The van der Waals surface area contributed by atoms with Crippen LogP contribution in [0.1, 0.15) is 66.2 Å². The highest BCUT2D eigenvalue weighted by Crippen LogP contribution is 2.28. The van der Waals surface area contributed by atoms with E-state index in [4.69, 9.17) is 0 Å². The molecule has 2 heterocycles. The maximum absolute atomic E-state index is 12.8. The summed E-state index contributed by atoms with van der Waals surface area (Å²) in [5, 5.41) is 3.02. The van der Waals surface area contributed by atoms with Crippen molar-refractivity contribution in [2.24, 2.45) is 11.8 Å². The minimum Gasteiger partial charge on any atom is -0.356 e. The number of nitrogens with one attached hydrogen (secondary N) is 1. The average molecular weight is 366 g/mol. The first kappa shape index (κ1) is 20.7. The number of piperidine rings is 1. The first-order valence-corrected chi connectivity index (χ1v) is 10.1. The third kappa shape index (κ3) is 5.21. The molecule has 6 heteroatoms. The quantitative estimate of drug-likeness (QED) is 0.734. The topological polar surface area (TPSA) is 69.7 Å². The van der Waals surface area contributed by atoms with E-state index in [1.54, 1.807) is 0 Å². The van der Waals surface area contributed by atoms with Crippen molar-refractivity contribution in [2.45, 2.75) is 71.8 Å². The van der Waals surface area contributed by atoms with Gasteiger partial charge in [-0.05, 0) is 40.0 Å². The number of carbonyl (C=O) groups excluding carboxylic acids is 3. The Balaban J connectivity index is 1.78. The normalized spacial score (nSPS) is 22.0. The molecule has 0 bridgehead atoms. The maximum Gasteiger partial charge on any atom is 0.227 e. The molecule has 0 aliphatic carbocycles. The molecule has 0 radical (unpaired) electrons. The summed E-state index contributed by atoms with van der Waals surface area (Å²) in [6.45, 7) is 10.6. The number of likely N-dealkylation sites (tertiary alicyclic amines) is 2. The van der Waals surface area contributed by atoms with Gasteiger partial charge in [-0.25, -0.2) is 0 Å². The van der Waals surface area contributed by atoms with Gasteiger partial charge in [-0.3, -0.25) is 14.4 Å². The number of nitrogens with zero attached hydrogens (tertiary/aromatic N) is 2. The lowest BCUT2D eigenvalue weighted by Crippen LogP contribution is -2.46. The second-order valence-electron chi connectivity index (χ2n) is 8.67. The minimum absolute atomic E-state index is 0.0111. The van der Waals surface area contributed by atoms with Gasteiger partial charge in [-0.15, -0.1) is 0 Å². The average Bonchev–Trinajstić information content (AvgIpc) is 3.00. The standard InChI is InChI=1S/C20H35N3O3/c1-5-6-7-10-21-18(25)15-8-11-22(12-9-15)19(26)16-13-17(24)23(14-16)20(2,3)4/h15-16H,5-14H2,1-4H3,(H,21,25). The predicted molar refractivity (Wildman–Crippen MR) is 101 cm³/mol. The highest BCUT2D eigenvalue weighted by molar-refractivity contribution is 5.90. The van der Waals surface area contributed by atoms with E-state index in [2.05, 4.69) is 12.2 Å². The first-order valence-electron chi connectivity index (χ1n) is 10.1. The van der Waals surface area contributed by atoms with Crippen LogP contribution in [0.25, 0.3) is 0 Å². The molecule has 1 unspecified atom stereocenters. The zero-order valence-electron chi connectivity index (χ0n) is 16.8. The van der Waals surface area contributed by atoms with Gasteiger partial charge in [0, 0.05) is 44.1 Å². The van der Waals surface area contributed by atoms with Crippen molar-refractivity contribution in [1.82, 2.24) is 15.1 Å². The van der Waals surface area contributed by atoms with E-state index >= 15 is 0 Å². The molecule has 0 aromatic heterocycles. The molecule has 0 aromatic rings. The van der Waals surface area contributed by atoms with Crippen molar-refractivity contribution in [3.8, 4) is 0 Å². The summed E-state index contributed by atoms with van der Waals surface area (Å²) in [5.41, 5.74) is -0.241. The Morgan fingerprint density at radius 3 is 2.31 bits per heavy atom. The Labute approximate surface area is 157 Å². The van der Waals surface area contributed by atoms with Gasteiger partial charge < -0.3 is 15.1 Å². The fourth-order valence-corrected chi connectivity index (χ4v) is 3.87. The van der Waals surface area contributed by atoms with Crippen LogP contribution in [0.15, 0.2) is 0 Å². The van der Waals surface area contributed by atoms with Crippen molar-refractivity contribution in [1.29, 1.82) is 0 Å². The molecule has 26 heavy (non-hydrogen) atoms. The molecule has 3 amide bonds. The molecular weight excluding hydrogens is 330 g/mol. The zero-order valence-corrected chi connectivity index (χ0v) is 16.8. The van der Waals surface area contributed by atoms with Crippen LogP contribution >= 0.6 is 0 Å². The van der Waals surface area contributed by atoms with Crippen LogP contribution < -0.4 is 5.32 Å². The van der Waals surface area contributed by atoms with Gasteiger partial charge in [0.25, 0.3) is 0 Å². The van der Waals surface area contributed by atoms with Crippen LogP contribution in [0.5, 0.6) is 0 Å². The Hall–Kier alpha value is -1.59. The van der Waals surface area contributed by atoms with Crippen molar-refractivity contribution in [3.05, 3.63) is 0 Å². The predicted octanol–water partition coefficient (Wildman–Crippen LogP) is 2.18. The van der Waals surface area contributed by atoms with Gasteiger partial charge in [0.1, 0.15) is 0 Å². The fraction of sp³-hybridized carbons (Fsp3) is 0.850. The summed E-state index contributed by atoms with van der Waals surface area (Å²) in [5.74, 6) is 0.0466. The van der Waals surface area contributed by atoms with Crippen molar-refractivity contribution < 1.29 is 14.4 Å². The first-order chi connectivity index (χ1) is 12.2. The van der Waals surface area contributed by atoms with E-state index in [-0.39, 0.29) is 35.1 Å². The van der Waals surface area contributed by atoms with E-state index in [1.165, 1.54) is 0 Å². The molecule has 2 fully saturated rings. The molecule has 1 N–H and O–H groups in total. The highest BCUT2D eigenvalue weighted by atomic mass is 16.2. The zero-order chi connectivity index (χ0) is 19.3. The summed E-state index contributed by atoms with van der Waals surface area (Å²) >= 11 is 0. The van der Waals surface area contributed by atoms with Gasteiger partial charge in [0.2, 0.25) is 17.7 Å². The molecule has 0 saturated carbocycles.